The van der Waals surface area contributed by atoms with Crippen molar-refractivity contribution in [2.45, 2.75) is 26.2 Å². The molecule has 5 heteroatoms. The Bertz CT molecular complexity index is 601. The van der Waals surface area contributed by atoms with E-state index in [-0.39, 0.29) is 5.91 Å². The lowest BCUT2D eigenvalue weighted by atomic mass is 9.83. The van der Waals surface area contributed by atoms with Gasteiger partial charge in [-0.05, 0) is 38.5 Å². The summed E-state index contributed by atoms with van der Waals surface area (Å²) in [6, 6.07) is 5.87. The van der Waals surface area contributed by atoms with Crippen LogP contribution in [0.4, 0.5) is 0 Å². The van der Waals surface area contributed by atoms with Crippen LogP contribution in [0.3, 0.4) is 0 Å². The minimum atomic E-state index is -0.595. The van der Waals surface area contributed by atoms with E-state index in [9.17, 15) is 4.79 Å². The SMILES string of the molecule is Cc1nc2ccc(C(C)(C)C(=O)NCCN)cc2[nH]1. The molecular weight excluding hydrogens is 240 g/mol. The summed E-state index contributed by atoms with van der Waals surface area (Å²) >= 11 is 0. The molecule has 1 amide bonds. The molecule has 1 aromatic heterocycles. The summed E-state index contributed by atoms with van der Waals surface area (Å²) in [7, 11) is 0. The van der Waals surface area contributed by atoms with Crippen molar-refractivity contribution in [3.05, 3.63) is 29.6 Å². The van der Waals surface area contributed by atoms with Gasteiger partial charge in [-0.2, -0.15) is 0 Å². The fourth-order valence-electron chi connectivity index (χ4n) is 2.06. The summed E-state index contributed by atoms with van der Waals surface area (Å²) in [4.78, 5) is 19.7. The summed E-state index contributed by atoms with van der Waals surface area (Å²) in [5.74, 6) is 0.853. The van der Waals surface area contributed by atoms with Crippen LogP contribution >= 0.6 is 0 Å². The molecule has 0 fully saturated rings. The number of imidazole rings is 1. The first-order valence-corrected chi connectivity index (χ1v) is 6.40. The zero-order valence-corrected chi connectivity index (χ0v) is 11.6. The van der Waals surface area contributed by atoms with Crippen molar-refractivity contribution >= 4 is 16.9 Å². The number of nitrogens with two attached hydrogens (primary N) is 1. The molecule has 2 aromatic rings. The second-order valence-electron chi connectivity index (χ2n) is 5.22. The van der Waals surface area contributed by atoms with Gasteiger partial charge in [-0.15, -0.1) is 0 Å². The molecule has 19 heavy (non-hydrogen) atoms. The van der Waals surface area contributed by atoms with Crippen LogP contribution in [0.1, 0.15) is 25.2 Å². The second kappa shape index (κ2) is 5.01. The quantitative estimate of drug-likeness (QED) is 0.773. The van der Waals surface area contributed by atoms with Gasteiger partial charge in [-0.1, -0.05) is 6.07 Å². The van der Waals surface area contributed by atoms with Crippen LogP contribution in [0.5, 0.6) is 0 Å². The lowest BCUT2D eigenvalue weighted by molar-refractivity contribution is -0.125. The van der Waals surface area contributed by atoms with Gasteiger partial charge in [-0.25, -0.2) is 4.98 Å². The number of aromatic nitrogens is 2. The topological polar surface area (TPSA) is 83.8 Å². The monoisotopic (exact) mass is 260 g/mol. The van der Waals surface area contributed by atoms with Crippen LogP contribution in [0.2, 0.25) is 0 Å². The average molecular weight is 260 g/mol. The molecule has 0 aliphatic heterocycles. The van der Waals surface area contributed by atoms with E-state index in [4.69, 9.17) is 5.73 Å². The van der Waals surface area contributed by atoms with Crippen molar-refractivity contribution < 1.29 is 4.79 Å². The Balaban J connectivity index is 2.33. The lowest BCUT2D eigenvalue weighted by Crippen LogP contribution is -2.42. The van der Waals surface area contributed by atoms with E-state index < -0.39 is 5.41 Å². The Morgan fingerprint density at radius 3 is 2.89 bits per heavy atom. The summed E-state index contributed by atoms with van der Waals surface area (Å²) in [5, 5.41) is 2.83. The van der Waals surface area contributed by atoms with Gasteiger partial charge in [0, 0.05) is 13.1 Å². The fourth-order valence-corrected chi connectivity index (χ4v) is 2.06. The summed E-state index contributed by atoms with van der Waals surface area (Å²) in [6.07, 6.45) is 0. The highest BCUT2D eigenvalue weighted by Crippen LogP contribution is 2.26. The summed E-state index contributed by atoms with van der Waals surface area (Å²) in [6.45, 7) is 6.67. The van der Waals surface area contributed by atoms with Crippen molar-refractivity contribution in [1.82, 2.24) is 15.3 Å². The molecule has 0 unspecified atom stereocenters. The number of fused-ring (bicyclic) bond motifs is 1. The number of benzene rings is 1. The molecule has 5 nitrogen and oxygen atoms in total. The third kappa shape index (κ3) is 2.61. The minimum absolute atomic E-state index is 0.0199. The number of H-pyrrole nitrogens is 1. The molecule has 102 valence electrons. The van der Waals surface area contributed by atoms with Crippen molar-refractivity contribution in [2.24, 2.45) is 5.73 Å². The molecule has 0 atom stereocenters. The molecule has 0 spiro atoms. The normalized spacial score (nSPS) is 11.8. The standard InChI is InChI=1S/C14H20N4O/c1-9-17-11-5-4-10(8-12(11)18-9)14(2,3)13(19)16-7-6-15/h4-5,8H,6-7,15H2,1-3H3,(H,16,19)(H,17,18). The smallest absolute Gasteiger partial charge is 0.230 e. The number of aryl methyl sites for hydroxylation is 1. The zero-order chi connectivity index (χ0) is 14.0. The van der Waals surface area contributed by atoms with Crippen LogP contribution in [-0.2, 0) is 10.2 Å². The zero-order valence-electron chi connectivity index (χ0n) is 11.6. The van der Waals surface area contributed by atoms with E-state index in [0.717, 1.165) is 22.4 Å². The predicted octanol–water partition coefficient (Wildman–Crippen LogP) is 1.22. The molecule has 0 saturated heterocycles. The number of nitrogens with zero attached hydrogens (tertiary/aromatic N) is 1. The van der Waals surface area contributed by atoms with E-state index in [0.29, 0.717) is 13.1 Å². The highest BCUT2D eigenvalue weighted by molar-refractivity contribution is 5.89. The van der Waals surface area contributed by atoms with Gasteiger partial charge in [0.15, 0.2) is 0 Å². The van der Waals surface area contributed by atoms with Crippen molar-refractivity contribution in [2.75, 3.05) is 13.1 Å². The molecule has 0 saturated carbocycles. The van der Waals surface area contributed by atoms with Crippen LogP contribution in [0.15, 0.2) is 18.2 Å². The van der Waals surface area contributed by atoms with Gasteiger partial charge in [-0.3, -0.25) is 4.79 Å². The molecule has 1 aromatic carbocycles. The number of hydrogen-bond acceptors (Lipinski definition) is 3. The van der Waals surface area contributed by atoms with Crippen LogP contribution < -0.4 is 11.1 Å². The molecule has 1 heterocycles. The minimum Gasteiger partial charge on any atom is -0.354 e. The maximum Gasteiger partial charge on any atom is 0.230 e. The van der Waals surface area contributed by atoms with Gasteiger partial charge < -0.3 is 16.0 Å². The van der Waals surface area contributed by atoms with E-state index in [1.807, 2.05) is 39.0 Å². The molecule has 4 N–H and O–H groups in total. The molecule has 0 aliphatic rings. The number of carbonyl (C=O) groups excluding carboxylic acids is 1. The average Bonchev–Trinajstić information content (AvgIpc) is 2.74. The number of amides is 1. The Kier molecular flexibility index (Phi) is 3.57. The number of aromatic amines is 1. The van der Waals surface area contributed by atoms with E-state index in [1.165, 1.54) is 0 Å². The highest BCUT2D eigenvalue weighted by Gasteiger charge is 2.29. The van der Waals surface area contributed by atoms with E-state index >= 15 is 0 Å². The van der Waals surface area contributed by atoms with Gasteiger partial charge in [0.05, 0.1) is 16.4 Å². The third-order valence-electron chi connectivity index (χ3n) is 3.32. The predicted molar refractivity (Wildman–Crippen MR) is 75.9 cm³/mol. The number of hydrogen-bond donors (Lipinski definition) is 3. The van der Waals surface area contributed by atoms with Crippen LogP contribution in [0.25, 0.3) is 11.0 Å². The van der Waals surface area contributed by atoms with Crippen molar-refractivity contribution in [1.29, 1.82) is 0 Å². The lowest BCUT2D eigenvalue weighted by Gasteiger charge is -2.24. The molecule has 0 bridgehead atoms. The van der Waals surface area contributed by atoms with Gasteiger partial charge in [0.2, 0.25) is 5.91 Å². The highest BCUT2D eigenvalue weighted by atomic mass is 16.2. The Morgan fingerprint density at radius 2 is 2.21 bits per heavy atom. The molecule has 0 radical (unpaired) electrons. The molecule has 2 rings (SSSR count). The Labute approximate surface area is 112 Å². The Hall–Kier alpha value is -1.88. The number of nitrogens with one attached hydrogen (secondary N) is 2. The van der Waals surface area contributed by atoms with Gasteiger partial charge in [0.25, 0.3) is 0 Å². The van der Waals surface area contributed by atoms with Crippen molar-refractivity contribution in [3.63, 3.8) is 0 Å². The van der Waals surface area contributed by atoms with Crippen LogP contribution in [-0.4, -0.2) is 29.0 Å². The maximum absolute atomic E-state index is 12.2. The van der Waals surface area contributed by atoms with Gasteiger partial charge in [0.1, 0.15) is 5.82 Å². The first kappa shape index (κ1) is 13.5. The maximum atomic E-state index is 12.2. The van der Waals surface area contributed by atoms with E-state index in [1.54, 1.807) is 0 Å². The van der Waals surface area contributed by atoms with E-state index in [2.05, 4.69) is 15.3 Å². The van der Waals surface area contributed by atoms with Crippen LogP contribution in [0, 0.1) is 6.92 Å². The first-order chi connectivity index (χ1) is 8.95. The molecule has 0 aliphatic carbocycles. The van der Waals surface area contributed by atoms with Gasteiger partial charge >= 0.3 is 0 Å². The number of carbonyl (C=O) groups is 1. The van der Waals surface area contributed by atoms with Crippen molar-refractivity contribution in [3.8, 4) is 0 Å². The summed E-state index contributed by atoms with van der Waals surface area (Å²) < 4.78 is 0. The first-order valence-electron chi connectivity index (χ1n) is 6.40. The second-order valence-corrected chi connectivity index (χ2v) is 5.22. The largest absolute Gasteiger partial charge is 0.354 e. The fraction of sp³-hybridized carbons (Fsp3) is 0.429. The Morgan fingerprint density at radius 1 is 1.47 bits per heavy atom. The molecular formula is C14H20N4O. The summed E-state index contributed by atoms with van der Waals surface area (Å²) in [5.41, 5.74) is 7.64. The number of rotatable bonds is 4. The third-order valence-corrected chi connectivity index (χ3v) is 3.32.